The van der Waals surface area contributed by atoms with Crippen molar-refractivity contribution >= 4 is 11.4 Å². The molecule has 3 N–H and O–H groups in total. The second-order valence-corrected chi connectivity index (χ2v) is 2.84. The summed E-state index contributed by atoms with van der Waals surface area (Å²) in [4.78, 5) is 11.8. The maximum absolute atomic E-state index is 11.8. The van der Waals surface area contributed by atoms with Gasteiger partial charge in [0.25, 0.3) is 0 Å². The van der Waals surface area contributed by atoms with Gasteiger partial charge in [-0.1, -0.05) is 12.1 Å². The van der Waals surface area contributed by atoms with Crippen LogP contribution in [0.5, 0.6) is 0 Å². The minimum atomic E-state index is -0.0933. The van der Waals surface area contributed by atoms with Crippen molar-refractivity contribution in [1.29, 1.82) is 0 Å². The van der Waals surface area contributed by atoms with Crippen LogP contribution in [0.1, 0.15) is 12.5 Å². The Morgan fingerprint density at radius 3 is 2.64 bits per heavy atom. The fourth-order valence-corrected chi connectivity index (χ4v) is 1.15. The van der Waals surface area contributed by atoms with Gasteiger partial charge in [0.05, 0.1) is 11.4 Å². The van der Waals surface area contributed by atoms with E-state index in [1.807, 2.05) is 0 Å². The fourth-order valence-electron chi connectivity index (χ4n) is 1.15. The molecule has 0 spiro atoms. The number of nitrogens with zero attached hydrogens (tertiary/aromatic N) is 1. The van der Waals surface area contributed by atoms with Crippen molar-refractivity contribution in [3.8, 4) is 0 Å². The number of nitrogens with one attached hydrogen (secondary N) is 1. The highest BCUT2D eigenvalue weighted by Crippen LogP contribution is 2.00. The lowest BCUT2D eigenvalue weighted by molar-refractivity contribution is 1.23. The number of hydrogen-bond donors (Lipinski definition) is 2. The van der Waals surface area contributed by atoms with E-state index in [1.165, 1.54) is 0 Å². The van der Waals surface area contributed by atoms with Gasteiger partial charge in [0.2, 0.25) is 5.43 Å². The zero-order valence-electron chi connectivity index (χ0n) is 8.24. The lowest BCUT2D eigenvalue weighted by Gasteiger charge is -1.96. The van der Waals surface area contributed by atoms with Gasteiger partial charge in [0, 0.05) is 12.6 Å². The molecule has 0 heterocycles. The monoisotopic (exact) mass is 191 g/mol. The van der Waals surface area contributed by atoms with Crippen molar-refractivity contribution in [1.82, 2.24) is 0 Å². The van der Waals surface area contributed by atoms with Crippen molar-refractivity contribution in [2.24, 2.45) is 10.9 Å². The van der Waals surface area contributed by atoms with Crippen molar-refractivity contribution in [2.75, 3.05) is 12.4 Å². The summed E-state index contributed by atoms with van der Waals surface area (Å²) < 4.78 is 0. The van der Waals surface area contributed by atoms with Crippen molar-refractivity contribution in [2.45, 2.75) is 6.92 Å². The average Bonchev–Trinajstić information content (AvgIpc) is 2.39. The predicted octanol–water partition coefficient (Wildman–Crippen LogP) is 0.771. The smallest absolute Gasteiger partial charge is 0.210 e. The molecular formula is C10H13N3O. The molecule has 0 radical (unpaired) electrons. The summed E-state index contributed by atoms with van der Waals surface area (Å²) in [5.74, 6) is 5.13. The molecule has 4 heteroatoms. The molecule has 0 fully saturated rings. The van der Waals surface area contributed by atoms with Crippen molar-refractivity contribution in [3.63, 3.8) is 0 Å². The van der Waals surface area contributed by atoms with Crippen LogP contribution in [0.3, 0.4) is 0 Å². The first-order chi connectivity index (χ1) is 6.70. The molecule has 1 rings (SSSR count). The van der Waals surface area contributed by atoms with Crippen LogP contribution >= 0.6 is 0 Å². The molecule has 1 aromatic carbocycles. The van der Waals surface area contributed by atoms with Gasteiger partial charge in [-0.15, -0.1) is 0 Å². The van der Waals surface area contributed by atoms with Gasteiger partial charge in [-0.05, 0) is 19.1 Å². The average molecular weight is 191 g/mol. The second-order valence-electron chi connectivity index (χ2n) is 2.84. The Bertz CT molecular complexity index is 412. The molecule has 0 amide bonds. The SMILES string of the molecule is CNc1ccccc(/C(C)=N/N)c1=O. The molecule has 0 aliphatic rings. The zero-order chi connectivity index (χ0) is 10.6. The maximum atomic E-state index is 11.8. The van der Waals surface area contributed by atoms with Crippen LogP contribution in [0.25, 0.3) is 0 Å². The van der Waals surface area contributed by atoms with Crippen molar-refractivity contribution < 1.29 is 0 Å². The highest BCUT2D eigenvalue weighted by Gasteiger charge is 2.04. The molecule has 0 saturated carbocycles. The minimum Gasteiger partial charge on any atom is -0.385 e. The molecule has 0 aromatic heterocycles. The van der Waals surface area contributed by atoms with E-state index >= 15 is 0 Å². The summed E-state index contributed by atoms with van der Waals surface area (Å²) in [7, 11) is 1.70. The lowest BCUT2D eigenvalue weighted by atomic mass is 10.2. The second kappa shape index (κ2) is 4.41. The molecule has 0 atom stereocenters. The first-order valence-electron chi connectivity index (χ1n) is 4.26. The molecule has 0 bridgehead atoms. The van der Waals surface area contributed by atoms with E-state index in [-0.39, 0.29) is 5.43 Å². The summed E-state index contributed by atoms with van der Waals surface area (Å²) in [6, 6.07) is 7.00. The quantitative estimate of drug-likeness (QED) is 0.412. The number of hydrazone groups is 1. The third-order valence-corrected chi connectivity index (χ3v) is 1.98. The number of anilines is 1. The molecule has 0 unspecified atom stereocenters. The number of nitrogens with two attached hydrogens (primary N) is 1. The fraction of sp³-hybridized carbons (Fsp3) is 0.200. The molecule has 74 valence electrons. The summed E-state index contributed by atoms with van der Waals surface area (Å²) in [5, 5.41) is 6.34. The third-order valence-electron chi connectivity index (χ3n) is 1.98. The Labute approximate surface area is 82.5 Å². The maximum Gasteiger partial charge on any atom is 0.210 e. The van der Waals surface area contributed by atoms with E-state index < -0.39 is 0 Å². The summed E-state index contributed by atoms with van der Waals surface area (Å²) >= 11 is 0. The van der Waals surface area contributed by atoms with Crippen LogP contribution in [-0.4, -0.2) is 12.8 Å². The lowest BCUT2D eigenvalue weighted by Crippen LogP contribution is -2.15. The van der Waals surface area contributed by atoms with E-state index in [2.05, 4.69) is 10.4 Å². The van der Waals surface area contributed by atoms with Crippen LogP contribution in [0.15, 0.2) is 34.2 Å². The van der Waals surface area contributed by atoms with Crippen LogP contribution in [0.2, 0.25) is 0 Å². The van der Waals surface area contributed by atoms with E-state index in [0.29, 0.717) is 17.0 Å². The molecule has 1 aromatic rings. The highest BCUT2D eigenvalue weighted by atomic mass is 16.1. The van der Waals surface area contributed by atoms with Gasteiger partial charge in [0.1, 0.15) is 0 Å². The molecule has 0 saturated heterocycles. The Balaban J connectivity index is 3.48. The van der Waals surface area contributed by atoms with E-state index in [0.717, 1.165) is 0 Å². The largest absolute Gasteiger partial charge is 0.385 e. The first-order valence-corrected chi connectivity index (χ1v) is 4.26. The standard InChI is InChI=1S/C10H13N3O/c1-7(13-11)8-5-3-4-6-9(12-2)10(8)14/h3-6H,11H2,1-2H3,(H,12,14)/b13-7+. The van der Waals surface area contributed by atoms with Gasteiger partial charge < -0.3 is 11.2 Å². The van der Waals surface area contributed by atoms with Crippen LogP contribution in [0, 0.1) is 0 Å². The first kappa shape index (κ1) is 10.2. The van der Waals surface area contributed by atoms with E-state index in [4.69, 9.17) is 5.84 Å². The van der Waals surface area contributed by atoms with E-state index in [9.17, 15) is 4.79 Å². The number of hydrogen-bond acceptors (Lipinski definition) is 4. The van der Waals surface area contributed by atoms with Crippen LogP contribution < -0.4 is 16.6 Å². The molecular weight excluding hydrogens is 178 g/mol. The van der Waals surface area contributed by atoms with Crippen LogP contribution in [0.4, 0.5) is 5.69 Å². The Kier molecular flexibility index (Phi) is 3.23. The zero-order valence-corrected chi connectivity index (χ0v) is 8.24. The Hall–Kier alpha value is -1.84. The normalized spacial score (nSPS) is 11.1. The summed E-state index contributed by atoms with van der Waals surface area (Å²) in [6.07, 6.45) is 0. The van der Waals surface area contributed by atoms with Crippen molar-refractivity contribution in [3.05, 3.63) is 40.1 Å². The van der Waals surface area contributed by atoms with Gasteiger partial charge in [-0.25, -0.2) is 0 Å². The van der Waals surface area contributed by atoms with E-state index in [1.54, 1.807) is 38.2 Å². The molecule has 14 heavy (non-hydrogen) atoms. The Morgan fingerprint density at radius 2 is 2.07 bits per heavy atom. The molecule has 4 nitrogen and oxygen atoms in total. The Morgan fingerprint density at radius 1 is 1.43 bits per heavy atom. The predicted molar refractivity (Wildman–Crippen MR) is 58.7 cm³/mol. The van der Waals surface area contributed by atoms with Gasteiger partial charge in [0.15, 0.2) is 0 Å². The van der Waals surface area contributed by atoms with Gasteiger partial charge in [-0.3, -0.25) is 4.79 Å². The topological polar surface area (TPSA) is 67.5 Å². The summed E-state index contributed by atoms with van der Waals surface area (Å²) in [6.45, 7) is 1.70. The summed E-state index contributed by atoms with van der Waals surface area (Å²) in [5.41, 5.74) is 1.49. The molecule has 0 aliphatic carbocycles. The van der Waals surface area contributed by atoms with Crippen LogP contribution in [-0.2, 0) is 0 Å². The minimum absolute atomic E-state index is 0.0933. The van der Waals surface area contributed by atoms with Gasteiger partial charge >= 0.3 is 0 Å². The van der Waals surface area contributed by atoms with Gasteiger partial charge in [-0.2, -0.15) is 5.10 Å². The highest BCUT2D eigenvalue weighted by molar-refractivity contribution is 5.98. The third kappa shape index (κ3) is 1.90. The number of rotatable bonds is 2. The molecule has 0 aliphatic heterocycles.